The Morgan fingerprint density at radius 3 is 2.22 bits per heavy atom. The lowest BCUT2D eigenvalue weighted by molar-refractivity contribution is -0.138. The van der Waals surface area contributed by atoms with Gasteiger partial charge in [0.25, 0.3) is 0 Å². The van der Waals surface area contributed by atoms with Gasteiger partial charge in [-0.25, -0.2) is 0 Å². The van der Waals surface area contributed by atoms with E-state index in [0.717, 1.165) is 5.56 Å². The van der Waals surface area contributed by atoms with Crippen molar-refractivity contribution in [1.82, 2.24) is 0 Å². The zero-order chi connectivity index (χ0) is 13.0. The molecule has 0 aliphatic rings. The summed E-state index contributed by atoms with van der Waals surface area (Å²) in [6.07, 6.45) is 0.284. The summed E-state index contributed by atoms with van der Waals surface area (Å²) in [6, 6.07) is 15.9. The first-order valence-corrected chi connectivity index (χ1v) is 5.73. The number of phenolic OH excluding ortho intramolecular Hbond substituents is 1. The average molecular weight is 242 g/mol. The maximum absolute atomic E-state index is 11.3. The summed E-state index contributed by atoms with van der Waals surface area (Å²) in [4.78, 5) is 11.3. The summed E-state index contributed by atoms with van der Waals surface area (Å²) < 4.78 is 0. The predicted molar refractivity (Wildman–Crippen MR) is 68.6 cm³/mol. The lowest BCUT2D eigenvalue weighted by atomic mass is 9.92. The molecule has 0 unspecified atom stereocenters. The van der Waals surface area contributed by atoms with Gasteiger partial charge in [-0.3, -0.25) is 4.79 Å². The summed E-state index contributed by atoms with van der Waals surface area (Å²) in [5.41, 5.74) is 1.39. The van der Waals surface area contributed by atoms with E-state index in [9.17, 15) is 15.0 Å². The van der Waals surface area contributed by atoms with Crippen LogP contribution in [0, 0.1) is 0 Å². The van der Waals surface area contributed by atoms with E-state index in [-0.39, 0.29) is 12.2 Å². The van der Waals surface area contributed by atoms with E-state index in [1.165, 1.54) is 0 Å². The first kappa shape index (κ1) is 12.2. The third-order valence-corrected chi connectivity index (χ3v) is 2.92. The molecular weight excluding hydrogens is 228 g/mol. The van der Waals surface area contributed by atoms with Crippen LogP contribution in [-0.2, 0) is 11.2 Å². The van der Waals surface area contributed by atoms with Crippen molar-refractivity contribution in [2.75, 3.05) is 0 Å². The first-order valence-electron chi connectivity index (χ1n) is 5.73. The highest BCUT2D eigenvalue weighted by atomic mass is 16.4. The van der Waals surface area contributed by atoms with Crippen LogP contribution in [0.15, 0.2) is 54.6 Å². The Bertz CT molecular complexity index is 534. The van der Waals surface area contributed by atoms with Crippen molar-refractivity contribution in [2.24, 2.45) is 0 Å². The molecule has 0 amide bonds. The summed E-state index contributed by atoms with van der Waals surface area (Å²) >= 11 is 0. The summed E-state index contributed by atoms with van der Waals surface area (Å²) in [6.45, 7) is 0. The minimum absolute atomic E-state index is 0.139. The molecular formula is C15H14O3. The van der Waals surface area contributed by atoms with Crippen molar-refractivity contribution in [3.05, 3.63) is 65.7 Å². The Labute approximate surface area is 105 Å². The lowest BCUT2D eigenvalue weighted by Crippen LogP contribution is -2.14. The van der Waals surface area contributed by atoms with Crippen molar-refractivity contribution in [3.8, 4) is 5.75 Å². The number of aromatic hydroxyl groups is 1. The van der Waals surface area contributed by atoms with Crippen molar-refractivity contribution < 1.29 is 15.0 Å². The van der Waals surface area contributed by atoms with Gasteiger partial charge >= 0.3 is 5.97 Å². The van der Waals surface area contributed by atoms with Crippen LogP contribution in [0.1, 0.15) is 17.0 Å². The largest absolute Gasteiger partial charge is 0.508 e. The quantitative estimate of drug-likeness (QED) is 0.866. The van der Waals surface area contributed by atoms with Crippen LogP contribution in [-0.4, -0.2) is 16.2 Å². The highest BCUT2D eigenvalue weighted by Crippen LogP contribution is 2.25. The number of carboxylic acids is 1. The van der Waals surface area contributed by atoms with Crippen LogP contribution in [0.5, 0.6) is 5.75 Å². The van der Waals surface area contributed by atoms with Crippen molar-refractivity contribution in [1.29, 1.82) is 0 Å². The lowest BCUT2D eigenvalue weighted by Gasteiger charge is -2.13. The predicted octanol–water partition coefficient (Wildman–Crippen LogP) is 2.80. The van der Waals surface area contributed by atoms with Crippen LogP contribution >= 0.6 is 0 Å². The van der Waals surface area contributed by atoms with Crippen LogP contribution in [0.2, 0.25) is 0 Å². The number of phenols is 1. The van der Waals surface area contributed by atoms with E-state index in [1.807, 2.05) is 18.2 Å². The zero-order valence-corrected chi connectivity index (χ0v) is 9.78. The Kier molecular flexibility index (Phi) is 3.63. The molecule has 2 aromatic carbocycles. The Balaban J connectivity index is 2.28. The van der Waals surface area contributed by atoms with Crippen LogP contribution in [0.25, 0.3) is 0 Å². The van der Waals surface area contributed by atoms with Gasteiger partial charge in [-0.15, -0.1) is 0 Å². The topological polar surface area (TPSA) is 57.5 Å². The fraction of sp³-hybridized carbons (Fsp3) is 0.133. The number of hydrogen-bond acceptors (Lipinski definition) is 2. The number of para-hydroxylation sites is 1. The fourth-order valence-electron chi connectivity index (χ4n) is 1.94. The molecule has 18 heavy (non-hydrogen) atoms. The van der Waals surface area contributed by atoms with Crippen LogP contribution in [0.3, 0.4) is 0 Å². The normalized spacial score (nSPS) is 12.0. The molecule has 3 heteroatoms. The minimum Gasteiger partial charge on any atom is -0.508 e. The van der Waals surface area contributed by atoms with Crippen LogP contribution < -0.4 is 0 Å². The second kappa shape index (κ2) is 5.36. The molecule has 0 bridgehead atoms. The summed E-state index contributed by atoms with van der Waals surface area (Å²) in [7, 11) is 0. The average Bonchev–Trinajstić information content (AvgIpc) is 2.38. The van der Waals surface area contributed by atoms with E-state index in [0.29, 0.717) is 5.56 Å². The molecule has 0 saturated heterocycles. The number of benzene rings is 2. The smallest absolute Gasteiger partial charge is 0.311 e. The summed E-state index contributed by atoms with van der Waals surface area (Å²) in [5, 5.41) is 19.0. The van der Waals surface area contributed by atoms with Gasteiger partial charge < -0.3 is 10.2 Å². The highest BCUT2D eigenvalue weighted by molar-refractivity contribution is 5.76. The highest BCUT2D eigenvalue weighted by Gasteiger charge is 2.21. The second-order valence-electron chi connectivity index (χ2n) is 4.13. The molecule has 0 saturated carbocycles. The van der Waals surface area contributed by atoms with Gasteiger partial charge in [0.15, 0.2) is 0 Å². The monoisotopic (exact) mass is 242 g/mol. The number of aliphatic carboxylic acids is 1. The first-order chi connectivity index (χ1) is 8.68. The molecule has 2 rings (SSSR count). The molecule has 3 nitrogen and oxygen atoms in total. The Hall–Kier alpha value is -2.29. The summed E-state index contributed by atoms with van der Waals surface area (Å²) in [5.74, 6) is -1.39. The molecule has 2 aromatic rings. The third kappa shape index (κ3) is 2.69. The second-order valence-corrected chi connectivity index (χ2v) is 4.13. The minimum atomic E-state index is -0.885. The van der Waals surface area contributed by atoms with E-state index in [2.05, 4.69) is 0 Å². The van der Waals surface area contributed by atoms with Gasteiger partial charge in [-0.2, -0.15) is 0 Å². The van der Waals surface area contributed by atoms with Gasteiger partial charge in [0, 0.05) is 0 Å². The molecule has 0 spiro atoms. The molecule has 0 aliphatic carbocycles. The molecule has 1 atom stereocenters. The molecule has 0 radical (unpaired) electrons. The molecule has 0 fully saturated rings. The maximum Gasteiger partial charge on any atom is 0.311 e. The van der Waals surface area contributed by atoms with Crippen molar-refractivity contribution >= 4 is 5.97 Å². The van der Waals surface area contributed by atoms with Crippen molar-refractivity contribution in [3.63, 3.8) is 0 Å². The maximum atomic E-state index is 11.3. The Morgan fingerprint density at radius 2 is 1.61 bits per heavy atom. The van der Waals surface area contributed by atoms with Gasteiger partial charge in [0.05, 0.1) is 5.92 Å². The van der Waals surface area contributed by atoms with Gasteiger partial charge in [-0.1, -0.05) is 48.5 Å². The van der Waals surface area contributed by atoms with E-state index in [4.69, 9.17) is 0 Å². The van der Waals surface area contributed by atoms with E-state index < -0.39 is 11.9 Å². The molecule has 2 N–H and O–H groups in total. The number of carbonyl (C=O) groups is 1. The number of rotatable bonds is 4. The zero-order valence-electron chi connectivity index (χ0n) is 9.78. The van der Waals surface area contributed by atoms with Gasteiger partial charge in [0.1, 0.15) is 5.75 Å². The SMILES string of the molecule is O=C(O)[C@H](Cc1ccccc1O)c1ccccc1. The van der Waals surface area contributed by atoms with E-state index >= 15 is 0 Å². The molecule has 92 valence electrons. The van der Waals surface area contributed by atoms with Crippen molar-refractivity contribution in [2.45, 2.75) is 12.3 Å². The van der Waals surface area contributed by atoms with Gasteiger partial charge in [-0.05, 0) is 23.6 Å². The third-order valence-electron chi connectivity index (χ3n) is 2.92. The molecule has 0 heterocycles. The van der Waals surface area contributed by atoms with Gasteiger partial charge in [0.2, 0.25) is 0 Å². The van der Waals surface area contributed by atoms with E-state index in [1.54, 1.807) is 36.4 Å². The Morgan fingerprint density at radius 1 is 1.00 bits per heavy atom. The molecule has 0 aromatic heterocycles. The number of carboxylic acid groups (broad SMARTS) is 1. The number of hydrogen-bond donors (Lipinski definition) is 2. The van der Waals surface area contributed by atoms with Crippen LogP contribution in [0.4, 0.5) is 0 Å². The molecule has 0 aliphatic heterocycles. The standard InChI is InChI=1S/C15H14O3/c16-14-9-5-4-8-12(14)10-13(15(17)18)11-6-2-1-3-7-11/h1-9,13,16H,10H2,(H,17,18)/t13-/m1/s1. The fourth-order valence-corrected chi connectivity index (χ4v) is 1.94.